The predicted molar refractivity (Wildman–Crippen MR) is 60.7 cm³/mol. The summed E-state index contributed by atoms with van der Waals surface area (Å²) in [5.74, 6) is -3.19. The molecule has 0 bridgehead atoms. The Labute approximate surface area is 101 Å². The van der Waals surface area contributed by atoms with E-state index >= 15 is 0 Å². The molecular weight excluding hydrogens is 245 g/mol. The summed E-state index contributed by atoms with van der Waals surface area (Å²) in [5.41, 5.74) is 5.96. The van der Waals surface area contributed by atoms with Gasteiger partial charge in [0.2, 0.25) is 5.95 Å². The quantitative estimate of drug-likeness (QED) is 0.659. The average Bonchev–Trinajstić information content (AvgIpc) is 2.61. The summed E-state index contributed by atoms with van der Waals surface area (Å²) in [4.78, 5) is 3.88. The Bertz CT molecular complexity index is 619. The molecular formula is C11H9F3N4. The molecule has 0 radical (unpaired) electrons. The molecule has 2 N–H and O–H groups in total. The Kier molecular flexibility index (Phi) is 3.05. The van der Waals surface area contributed by atoms with Crippen molar-refractivity contribution in [1.29, 1.82) is 0 Å². The van der Waals surface area contributed by atoms with Gasteiger partial charge in [-0.3, -0.25) is 0 Å². The van der Waals surface area contributed by atoms with Crippen molar-refractivity contribution in [3.63, 3.8) is 0 Å². The van der Waals surface area contributed by atoms with Gasteiger partial charge in [-0.2, -0.15) is 5.10 Å². The maximum atomic E-state index is 13.3. The van der Waals surface area contributed by atoms with Crippen molar-refractivity contribution >= 4 is 12.2 Å². The summed E-state index contributed by atoms with van der Waals surface area (Å²) in [6.07, 6.45) is 2.55. The minimum atomic E-state index is -1.25. The topological polar surface area (TPSA) is 56.2 Å². The van der Waals surface area contributed by atoms with Crippen LogP contribution in [0.15, 0.2) is 23.4 Å². The van der Waals surface area contributed by atoms with E-state index in [4.69, 9.17) is 5.73 Å². The standard InChI is InChI=1S/C11H9F3N4/c1-6-5-18(11(15)17-6)16-4-7-2-9(13)10(14)3-8(7)12/h2-5H,1H3,(H2,15,17). The Morgan fingerprint density at radius 2 is 1.89 bits per heavy atom. The Balaban J connectivity index is 2.34. The third-order valence-corrected chi connectivity index (χ3v) is 2.20. The number of rotatable bonds is 2. The lowest BCUT2D eigenvalue weighted by molar-refractivity contribution is 0.494. The zero-order chi connectivity index (χ0) is 13.3. The number of hydrogen-bond acceptors (Lipinski definition) is 3. The first-order valence-corrected chi connectivity index (χ1v) is 4.97. The maximum Gasteiger partial charge on any atom is 0.221 e. The van der Waals surface area contributed by atoms with Gasteiger partial charge in [0.15, 0.2) is 11.6 Å². The first-order chi connectivity index (χ1) is 8.47. The van der Waals surface area contributed by atoms with Gasteiger partial charge >= 0.3 is 0 Å². The third-order valence-electron chi connectivity index (χ3n) is 2.20. The van der Waals surface area contributed by atoms with E-state index in [9.17, 15) is 13.2 Å². The first-order valence-electron chi connectivity index (χ1n) is 4.97. The normalized spacial score (nSPS) is 11.3. The highest BCUT2D eigenvalue weighted by atomic mass is 19.2. The molecule has 4 nitrogen and oxygen atoms in total. The fraction of sp³-hybridized carbons (Fsp3) is 0.0909. The van der Waals surface area contributed by atoms with Crippen LogP contribution in [0.5, 0.6) is 0 Å². The highest BCUT2D eigenvalue weighted by molar-refractivity contribution is 5.79. The number of hydrogen-bond donors (Lipinski definition) is 1. The minimum absolute atomic E-state index is 0.117. The molecule has 0 unspecified atom stereocenters. The van der Waals surface area contributed by atoms with Gasteiger partial charge in [-0.1, -0.05) is 0 Å². The zero-order valence-electron chi connectivity index (χ0n) is 9.36. The van der Waals surface area contributed by atoms with Crippen LogP contribution in [-0.4, -0.2) is 15.9 Å². The number of nitrogens with two attached hydrogens (primary N) is 1. The molecule has 0 saturated heterocycles. The summed E-state index contributed by atoms with van der Waals surface area (Å²) >= 11 is 0. The van der Waals surface area contributed by atoms with Crippen LogP contribution in [0.25, 0.3) is 0 Å². The summed E-state index contributed by atoms with van der Waals surface area (Å²) in [7, 11) is 0. The second kappa shape index (κ2) is 4.52. The largest absolute Gasteiger partial charge is 0.368 e. The number of imidazole rings is 1. The molecule has 0 atom stereocenters. The van der Waals surface area contributed by atoms with E-state index in [1.54, 1.807) is 6.92 Å². The van der Waals surface area contributed by atoms with Gasteiger partial charge in [-0.15, -0.1) is 0 Å². The lowest BCUT2D eigenvalue weighted by Gasteiger charge is -1.99. The highest BCUT2D eigenvalue weighted by Crippen LogP contribution is 2.12. The number of aryl methyl sites for hydroxylation is 1. The summed E-state index contributed by atoms with van der Waals surface area (Å²) < 4.78 is 40.1. The molecule has 0 aliphatic heterocycles. The van der Waals surface area contributed by atoms with E-state index in [2.05, 4.69) is 10.1 Å². The molecule has 2 rings (SSSR count). The number of anilines is 1. The Hall–Kier alpha value is -2.31. The lowest BCUT2D eigenvalue weighted by atomic mass is 10.2. The van der Waals surface area contributed by atoms with Gasteiger partial charge in [-0.05, 0) is 13.0 Å². The number of aromatic nitrogens is 2. The monoisotopic (exact) mass is 254 g/mol. The van der Waals surface area contributed by atoms with Crippen LogP contribution in [0.1, 0.15) is 11.3 Å². The molecule has 0 aliphatic carbocycles. The van der Waals surface area contributed by atoms with Crippen molar-refractivity contribution in [2.75, 3.05) is 5.73 Å². The Morgan fingerprint density at radius 3 is 2.50 bits per heavy atom. The molecule has 1 aromatic carbocycles. The summed E-state index contributed by atoms with van der Waals surface area (Å²) in [6, 6.07) is 1.17. The second-order valence-corrected chi connectivity index (χ2v) is 3.62. The fourth-order valence-corrected chi connectivity index (χ4v) is 1.36. The average molecular weight is 254 g/mol. The zero-order valence-corrected chi connectivity index (χ0v) is 9.36. The van der Waals surface area contributed by atoms with E-state index in [0.29, 0.717) is 17.8 Å². The highest BCUT2D eigenvalue weighted by Gasteiger charge is 2.08. The van der Waals surface area contributed by atoms with Crippen LogP contribution in [0.4, 0.5) is 19.1 Å². The SMILES string of the molecule is Cc1cn(N=Cc2cc(F)c(F)cc2F)c(N)n1. The van der Waals surface area contributed by atoms with E-state index in [-0.39, 0.29) is 11.5 Å². The van der Waals surface area contributed by atoms with Gasteiger partial charge in [0, 0.05) is 11.6 Å². The van der Waals surface area contributed by atoms with Gasteiger partial charge in [0.05, 0.1) is 18.1 Å². The molecule has 0 saturated carbocycles. The van der Waals surface area contributed by atoms with Crippen molar-refractivity contribution in [1.82, 2.24) is 9.66 Å². The van der Waals surface area contributed by atoms with E-state index < -0.39 is 17.5 Å². The van der Waals surface area contributed by atoms with E-state index in [1.165, 1.54) is 10.9 Å². The van der Waals surface area contributed by atoms with Crippen molar-refractivity contribution in [2.24, 2.45) is 5.10 Å². The maximum absolute atomic E-state index is 13.3. The van der Waals surface area contributed by atoms with Gasteiger partial charge in [0.25, 0.3) is 0 Å². The van der Waals surface area contributed by atoms with Gasteiger partial charge < -0.3 is 5.73 Å². The van der Waals surface area contributed by atoms with Crippen molar-refractivity contribution < 1.29 is 13.2 Å². The number of halogens is 3. The summed E-state index contributed by atoms with van der Waals surface area (Å²) in [6.45, 7) is 1.71. The molecule has 2 aromatic rings. The lowest BCUT2D eigenvalue weighted by Crippen LogP contribution is -1.99. The van der Waals surface area contributed by atoms with E-state index in [1.807, 2.05) is 0 Å². The van der Waals surface area contributed by atoms with Crippen molar-refractivity contribution in [3.05, 3.63) is 47.0 Å². The van der Waals surface area contributed by atoms with Gasteiger partial charge in [-0.25, -0.2) is 22.8 Å². The van der Waals surface area contributed by atoms with Crippen LogP contribution in [0, 0.1) is 24.4 Å². The van der Waals surface area contributed by atoms with Crippen molar-refractivity contribution in [2.45, 2.75) is 6.92 Å². The number of nitrogen functional groups attached to an aromatic ring is 1. The van der Waals surface area contributed by atoms with E-state index in [0.717, 1.165) is 6.21 Å². The minimum Gasteiger partial charge on any atom is -0.368 e. The Morgan fingerprint density at radius 1 is 1.22 bits per heavy atom. The number of nitrogens with zero attached hydrogens (tertiary/aromatic N) is 3. The molecule has 1 heterocycles. The second-order valence-electron chi connectivity index (χ2n) is 3.62. The molecule has 18 heavy (non-hydrogen) atoms. The molecule has 0 amide bonds. The predicted octanol–water partition coefficient (Wildman–Crippen LogP) is 2.07. The third kappa shape index (κ3) is 2.34. The van der Waals surface area contributed by atoms with Crippen LogP contribution < -0.4 is 5.73 Å². The van der Waals surface area contributed by atoms with Crippen LogP contribution >= 0.6 is 0 Å². The van der Waals surface area contributed by atoms with Crippen molar-refractivity contribution in [3.8, 4) is 0 Å². The van der Waals surface area contributed by atoms with Crippen LogP contribution in [0.3, 0.4) is 0 Å². The molecule has 0 spiro atoms. The molecule has 1 aromatic heterocycles. The molecule has 0 fully saturated rings. The fourth-order valence-electron chi connectivity index (χ4n) is 1.36. The molecule has 94 valence electrons. The first kappa shape index (κ1) is 12.2. The number of benzene rings is 1. The molecule has 7 heteroatoms. The van der Waals surface area contributed by atoms with Crippen LogP contribution in [-0.2, 0) is 0 Å². The van der Waals surface area contributed by atoms with Gasteiger partial charge in [0.1, 0.15) is 5.82 Å². The smallest absolute Gasteiger partial charge is 0.221 e. The summed E-state index contributed by atoms with van der Waals surface area (Å²) in [5, 5.41) is 3.80. The van der Waals surface area contributed by atoms with Crippen LogP contribution in [0.2, 0.25) is 0 Å². The molecule has 0 aliphatic rings.